The van der Waals surface area contributed by atoms with Crippen LogP contribution in [0.4, 0.5) is 10.1 Å². The van der Waals surface area contributed by atoms with Gasteiger partial charge in [-0.2, -0.15) is 0 Å². The summed E-state index contributed by atoms with van der Waals surface area (Å²) in [6.07, 6.45) is 5.53. The molecule has 0 saturated carbocycles. The normalized spacial score (nSPS) is 20.3. The first-order valence-corrected chi connectivity index (χ1v) is 7.52. The lowest BCUT2D eigenvalue weighted by Gasteiger charge is -2.37. The van der Waals surface area contributed by atoms with Crippen LogP contribution >= 0.6 is 0 Å². The van der Waals surface area contributed by atoms with E-state index >= 15 is 0 Å². The SMILES string of the molecule is COc1ccc(N2C=CC[C@H](C=O)[C@H]2c2cccc(F)c2)cc1. The van der Waals surface area contributed by atoms with Gasteiger partial charge in [-0.1, -0.05) is 18.2 Å². The van der Waals surface area contributed by atoms with Crippen LogP contribution in [0.5, 0.6) is 5.75 Å². The largest absolute Gasteiger partial charge is 0.497 e. The second-order valence-electron chi connectivity index (χ2n) is 5.53. The van der Waals surface area contributed by atoms with Gasteiger partial charge in [0.1, 0.15) is 17.9 Å². The number of allylic oxidation sites excluding steroid dienone is 1. The number of carbonyl (C=O) groups excluding carboxylic acids is 1. The molecule has 118 valence electrons. The van der Waals surface area contributed by atoms with Gasteiger partial charge in [0, 0.05) is 17.8 Å². The molecule has 0 aromatic heterocycles. The molecule has 0 radical (unpaired) electrons. The second-order valence-corrected chi connectivity index (χ2v) is 5.53. The van der Waals surface area contributed by atoms with Gasteiger partial charge >= 0.3 is 0 Å². The molecule has 2 atom stereocenters. The van der Waals surface area contributed by atoms with Crippen molar-refractivity contribution in [3.63, 3.8) is 0 Å². The van der Waals surface area contributed by atoms with Crippen LogP contribution in [0.25, 0.3) is 0 Å². The van der Waals surface area contributed by atoms with Crippen LogP contribution in [0.3, 0.4) is 0 Å². The van der Waals surface area contributed by atoms with Crippen LogP contribution < -0.4 is 9.64 Å². The number of halogens is 1. The maximum Gasteiger partial charge on any atom is 0.125 e. The zero-order valence-electron chi connectivity index (χ0n) is 12.9. The molecule has 1 aliphatic heterocycles. The number of benzene rings is 2. The fraction of sp³-hybridized carbons (Fsp3) is 0.211. The van der Waals surface area contributed by atoms with Gasteiger partial charge in [-0.25, -0.2) is 4.39 Å². The average molecular weight is 311 g/mol. The van der Waals surface area contributed by atoms with Crippen molar-refractivity contribution in [2.45, 2.75) is 12.5 Å². The maximum atomic E-state index is 13.6. The average Bonchev–Trinajstić information content (AvgIpc) is 2.61. The van der Waals surface area contributed by atoms with Crippen molar-refractivity contribution in [1.82, 2.24) is 0 Å². The Bertz CT molecular complexity index is 712. The zero-order valence-corrected chi connectivity index (χ0v) is 12.9. The molecule has 1 heterocycles. The monoisotopic (exact) mass is 311 g/mol. The number of ether oxygens (including phenoxy) is 1. The van der Waals surface area contributed by atoms with Gasteiger partial charge in [-0.15, -0.1) is 0 Å². The van der Waals surface area contributed by atoms with Crippen molar-refractivity contribution in [2.24, 2.45) is 5.92 Å². The van der Waals surface area contributed by atoms with Crippen molar-refractivity contribution in [3.05, 3.63) is 72.2 Å². The van der Waals surface area contributed by atoms with Crippen molar-refractivity contribution in [3.8, 4) is 5.75 Å². The number of anilines is 1. The van der Waals surface area contributed by atoms with Crippen molar-refractivity contribution < 1.29 is 13.9 Å². The summed E-state index contributed by atoms with van der Waals surface area (Å²) in [7, 11) is 1.62. The standard InChI is InChI=1S/C19H18FNO2/c1-23-18-9-7-17(8-10-18)21-11-3-5-15(13-22)19(21)14-4-2-6-16(20)12-14/h2-4,6-13,15,19H,5H2,1H3/t15-,19-/m1/s1. The smallest absolute Gasteiger partial charge is 0.125 e. The van der Waals surface area contributed by atoms with E-state index in [2.05, 4.69) is 0 Å². The van der Waals surface area contributed by atoms with Gasteiger partial charge in [-0.3, -0.25) is 0 Å². The Labute approximate surface area is 135 Å². The Balaban J connectivity index is 2.02. The van der Waals surface area contributed by atoms with Gasteiger partial charge < -0.3 is 14.4 Å². The third-order valence-electron chi connectivity index (χ3n) is 4.12. The molecule has 0 saturated heterocycles. The number of aldehydes is 1. The van der Waals surface area contributed by atoms with Gasteiger partial charge in [0.25, 0.3) is 0 Å². The number of hydrogen-bond acceptors (Lipinski definition) is 3. The highest BCUT2D eigenvalue weighted by Gasteiger charge is 2.30. The minimum Gasteiger partial charge on any atom is -0.497 e. The van der Waals surface area contributed by atoms with Crippen LogP contribution in [-0.2, 0) is 4.79 Å². The number of methoxy groups -OCH3 is 1. The van der Waals surface area contributed by atoms with Crippen molar-refractivity contribution in [2.75, 3.05) is 12.0 Å². The molecule has 0 amide bonds. The summed E-state index contributed by atoms with van der Waals surface area (Å²) in [5.41, 5.74) is 1.73. The number of hydrogen-bond donors (Lipinski definition) is 0. The molecule has 3 nitrogen and oxygen atoms in total. The summed E-state index contributed by atoms with van der Waals surface area (Å²) in [6.45, 7) is 0. The topological polar surface area (TPSA) is 29.5 Å². The van der Waals surface area contributed by atoms with E-state index in [0.29, 0.717) is 6.42 Å². The van der Waals surface area contributed by atoms with E-state index in [9.17, 15) is 9.18 Å². The van der Waals surface area contributed by atoms with Crippen LogP contribution in [0.15, 0.2) is 60.8 Å². The summed E-state index contributed by atoms with van der Waals surface area (Å²) >= 11 is 0. The Kier molecular flexibility index (Phi) is 4.42. The molecule has 0 fully saturated rings. The van der Waals surface area contributed by atoms with E-state index in [1.165, 1.54) is 12.1 Å². The molecule has 0 spiro atoms. The minimum absolute atomic E-state index is 0.219. The first kappa shape index (κ1) is 15.3. The Morgan fingerprint density at radius 2 is 2.00 bits per heavy atom. The summed E-state index contributed by atoms with van der Waals surface area (Å²) in [5.74, 6) is 0.254. The molecule has 0 bridgehead atoms. The summed E-state index contributed by atoms with van der Waals surface area (Å²) < 4.78 is 18.8. The van der Waals surface area contributed by atoms with Crippen molar-refractivity contribution in [1.29, 1.82) is 0 Å². The zero-order chi connectivity index (χ0) is 16.2. The van der Waals surface area contributed by atoms with E-state index < -0.39 is 0 Å². The Morgan fingerprint density at radius 3 is 2.65 bits per heavy atom. The van der Waals surface area contributed by atoms with Gasteiger partial charge in [0.15, 0.2) is 0 Å². The minimum atomic E-state index is -0.295. The quantitative estimate of drug-likeness (QED) is 0.796. The third-order valence-corrected chi connectivity index (χ3v) is 4.12. The van der Waals surface area contributed by atoms with E-state index in [0.717, 1.165) is 23.3 Å². The molecule has 3 rings (SSSR count). The molecule has 4 heteroatoms. The molecular formula is C19H18FNO2. The first-order valence-electron chi connectivity index (χ1n) is 7.52. The second kappa shape index (κ2) is 6.65. The summed E-state index contributed by atoms with van der Waals surface area (Å²) in [5, 5.41) is 0. The summed E-state index contributed by atoms with van der Waals surface area (Å²) in [6, 6.07) is 13.8. The molecule has 1 aliphatic rings. The maximum absolute atomic E-state index is 13.6. The van der Waals surface area contributed by atoms with Crippen LogP contribution in [0, 0.1) is 11.7 Å². The molecular weight excluding hydrogens is 293 g/mol. The molecule has 2 aromatic carbocycles. The summed E-state index contributed by atoms with van der Waals surface area (Å²) in [4.78, 5) is 13.5. The van der Waals surface area contributed by atoms with E-state index in [-0.39, 0.29) is 17.8 Å². The third kappa shape index (κ3) is 3.11. The number of rotatable bonds is 4. The van der Waals surface area contributed by atoms with Crippen LogP contribution in [-0.4, -0.2) is 13.4 Å². The Morgan fingerprint density at radius 1 is 1.22 bits per heavy atom. The molecule has 0 aliphatic carbocycles. The molecule has 0 unspecified atom stereocenters. The lowest BCUT2D eigenvalue weighted by molar-refractivity contribution is -0.111. The fourth-order valence-electron chi connectivity index (χ4n) is 2.99. The predicted octanol–water partition coefficient (Wildman–Crippen LogP) is 4.11. The molecule has 0 N–H and O–H groups in total. The van der Waals surface area contributed by atoms with Gasteiger partial charge in [0.05, 0.1) is 13.2 Å². The number of carbonyl (C=O) groups is 1. The predicted molar refractivity (Wildman–Crippen MR) is 87.9 cm³/mol. The Hall–Kier alpha value is -2.62. The molecule has 2 aromatic rings. The van der Waals surface area contributed by atoms with E-state index in [4.69, 9.17) is 4.74 Å². The highest BCUT2D eigenvalue weighted by atomic mass is 19.1. The van der Waals surface area contributed by atoms with Crippen molar-refractivity contribution >= 4 is 12.0 Å². The first-order chi connectivity index (χ1) is 11.2. The van der Waals surface area contributed by atoms with E-state index in [1.54, 1.807) is 13.2 Å². The highest BCUT2D eigenvalue weighted by Crippen LogP contribution is 2.38. The lowest BCUT2D eigenvalue weighted by atomic mass is 9.87. The molecule has 23 heavy (non-hydrogen) atoms. The van der Waals surface area contributed by atoms with Crippen LogP contribution in [0.2, 0.25) is 0 Å². The number of nitrogens with zero attached hydrogens (tertiary/aromatic N) is 1. The fourth-order valence-corrected chi connectivity index (χ4v) is 2.99. The van der Waals surface area contributed by atoms with Crippen LogP contribution in [0.1, 0.15) is 18.0 Å². The van der Waals surface area contributed by atoms with Gasteiger partial charge in [-0.05, 0) is 48.4 Å². The highest BCUT2D eigenvalue weighted by molar-refractivity contribution is 5.63. The van der Waals surface area contributed by atoms with Gasteiger partial charge in [0.2, 0.25) is 0 Å². The lowest BCUT2D eigenvalue weighted by Crippen LogP contribution is -2.33. The van der Waals surface area contributed by atoms with E-state index in [1.807, 2.05) is 47.5 Å².